The third kappa shape index (κ3) is 4.33. The molecule has 1 saturated heterocycles. The zero-order valence-corrected chi connectivity index (χ0v) is 11.9. The van der Waals surface area contributed by atoms with Gasteiger partial charge in [-0.3, -0.25) is 9.69 Å². The van der Waals surface area contributed by atoms with E-state index < -0.39 is 0 Å². The number of aryl methyl sites for hydroxylation is 1. The van der Waals surface area contributed by atoms with Crippen LogP contribution in [-0.4, -0.2) is 55.5 Å². The fraction of sp³-hybridized carbons (Fsp3) is 0.533. The van der Waals surface area contributed by atoms with Gasteiger partial charge in [-0.15, -0.1) is 0 Å². The van der Waals surface area contributed by atoms with E-state index in [2.05, 4.69) is 41.4 Å². The maximum Gasteiger partial charge on any atom is 0.236 e. The number of amides is 1. The number of piperazine rings is 1. The largest absolute Gasteiger partial charge is 0.339 e. The maximum absolute atomic E-state index is 12.1. The highest BCUT2D eigenvalue weighted by atomic mass is 16.2. The summed E-state index contributed by atoms with van der Waals surface area (Å²) in [6.45, 7) is 6.89. The van der Waals surface area contributed by atoms with E-state index in [-0.39, 0.29) is 5.91 Å². The average Bonchev–Trinajstić information content (AvgIpc) is 2.39. The topological polar surface area (TPSA) is 35.6 Å². The molecule has 1 aliphatic heterocycles. The van der Waals surface area contributed by atoms with Crippen LogP contribution in [0.2, 0.25) is 0 Å². The first-order valence-electron chi connectivity index (χ1n) is 6.88. The van der Waals surface area contributed by atoms with E-state index in [0.29, 0.717) is 6.54 Å². The van der Waals surface area contributed by atoms with Gasteiger partial charge in [-0.25, -0.2) is 0 Å². The first-order chi connectivity index (χ1) is 9.15. The molecule has 1 amide bonds. The van der Waals surface area contributed by atoms with Crippen LogP contribution in [0.25, 0.3) is 0 Å². The Kier molecular flexibility index (Phi) is 4.93. The van der Waals surface area contributed by atoms with Gasteiger partial charge in [0.15, 0.2) is 0 Å². The summed E-state index contributed by atoms with van der Waals surface area (Å²) in [6.07, 6.45) is 0. The highest BCUT2D eigenvalue weighted by Crippen LogP contribution is 2.07. The molecule has 104 valence electrons. The SMILES string of the molecule is Cc1cccc(CN(C)CC(=O)N2CCNCC2)c1. The number of likely N-dealkylation sites (N-methyl/N-ethyl adjacent to an activating group) is 1. The molecule has 0 saturated carbocycles. The monoisotopic (exact) mass is 261 g/mol. The van der Waals surface area contributed by atoms with Crippen molar-refractivity contribution < 1.29 is 4.79 Å². The molecule has 0 spiro atoms. The number of carbonyl (C=O) groups is 1. The van der Waals surface area contributed by atoms with Gasteiger partial charge in [0.2, 0.25) is 5.91 Å². The molecule has 4 nitrogen and oxygen atoms in total. The molecule has 1 aromatic rings. The molecular weight excluding hydrogens is 238 g/mol. The van der Waals surface area contributed by atoms with Crippen LogP contribution < -0.4 is 5.32 Å². The molecule has 1 heterocycles. The van der Waals surface area contributed by atoms with Crippen molar-refractivity contribution in [3.8, 4) is 0 Å². The number of carbonyl (C=O) groups excluding carboxylic acids is 1. The second-order valence-corrected chi connectivity index (χ2v) is 5.29. The van der Waals surface area contributed by atoms with Crippen molar-refractivity contribution in [1.82, 2.24) is 15.1 Å². The van der Waals surface area contributed by atoms with Crippen molar-refractivity contribution in [3.05, 3.63) is 35.4 Å². The van der Waals surface area contributed by atoms with E-state index in [9.17, 15) is 4.79 Å². The van der Waals surface area contributed by atoms with Crippen molar-refractivity contribution >= 4 is 5.91 Å². The minimum absolute atomic E-state index is 0.233. The molecule has 2 rings (SSSR count). The lowest BCUT2D eigenvalue weighted by Crippen LogP contribution is -2.49. The van der Waals surface area contributed by atoms with Gasteiger partial charge in [0, 0.05) is 32.7 Å². The Balaban J connectivity index is 1.83. The number of nitrogens with zero attached hydrogens (tertiary/aromatic N) is 2. The van der Waals surface area contributed by atoms with Crippen molar-refractivity contribution in [1.29, 1.82) is 0 Å². The Hall–Kier alpha value is -1.39. The Labute approximate surface area is 115 Å². The predicted molar refractivity (Wildman–Crippen MR) is 77.0 cm³/mol. The van der Waals surface area contributed by atoms with Gasteiger partial charge in [-0.05, 0) is 19.5 Å². The molecule has 0 aromatic heterocycles. The summed E-state index contributed by atoms with van der Waals surface area (Å²) in [5.41, 5.74) is 2.52. The van der Waals surface area contributed by atoms with Crippen LogP contribution in [0.5, 0.6) is 0 Å². The summed E-state index contributed by atoms with van der Waals surface area (Å²) in [4.78, 5) is 16.2. The highest BCUT2D eigenvalue weighted by molar-refractivity contribution is 5.78. The molecule has 1 aromatic carbocycles. The molecule has 1 aliphatic rings. The van der Waals surface area contributed by atoms with Crippen molar-refractivity contribution in [3.63, 3.8) is 0 Å². The van der Waals surface area contributed by atoms with Crippen molar-refractivity contribution in [2.75, 3.05) is 39.8 Å². The molecular formula is C15H23N3O. The van der Waals surface area contributed by atoms with Crippen LogP contribution in [0.4, 0.5) is 0 Å². The third-order valence-corrected chi connectivity index (χ3v) is 3.41. The zero-order chi connectivity index (χ0) is 13.7. The Morgan fingerprint density at radius 2 is 2.11 bits per heavy atom. The number of hydrogen-bond acceptors (Lipinski definition) is 3. The molecule has 1 fully saturated rings. The third-order valence-electron chi connectivity index (χ3n) is 3.41. The number of rotatable bonds is 4. The molecule has 0 unspecified atom stereocenters. The summed E-state index contributed by atoms with van der Waals surface area (Å²) in [6, 6.07) is 8.44. The van der Waals surface area contributed by atoms with Gasteiger partial charge in [-0.1, -0.05) is 29.8 Å². The molecule has 1 N–H and O–H groups in total. The van der Waals surface area contributed by atoms with Crippen LogP contribution in [0.1, 0.15) is 11.1 Å². The molecule has 4 heteroatoms. The normalized spacial score (nSPS) is 15.8. The summed E-state index contributed by atoms with van der Waals surface area (Å²) in [5, 5.41) is 3.26. The van der Waals surface area contributed by atoms with Crippen LogP contribution in [0.15, 0.2) is 24.3 Å². The van der Waals surface area contributed by atoms with Crippen molar-refractivity contribution in [2.24, 2.45) is 0 Å². The lowest BCUT2D eigenvalue weighted by Gasteiger charge is -2.29. The van der Waals surface area contributed by atoms with Crippen LogP contribution >= 0.6 is 0 Å². The quantitative estimate of drug-likeness (QED) is 0.873. The zero-order valence-electron chi connectivity index (χ0n) is 11.9. The van der Waals surface area contributed by atoms with Gasteiger partial charge in [0.25, 0.3) is 0 Å². The van der Waals surface area contributed by atoms with E-state index in [1.54, 1.807) is 0 Å². The fourth-order valence-electron chi connectivity index (χ4n) is 2.42. The van der Waals surface area contributed by atoms with Crippen molar-refractivity contribution in [2.45, 2.75) is 13.5 Å². The minimum Gasteiger partial charge on any atom is -0.339 e. The maximum atomic E-state index is 12.1. The van der Waals surface area contributed by atoms with Gasteiger partial charge >= 0.3 is 0 Å². The van der Waals surface area contributed by atoms with Gasteiger partial charge in [0.1, 0.15) is 0 Å². The predicted octanol–water partition coefficient (Wildman–Crippen LogP) is 0.859. The van der Waals surface area contributed by atoms with Crippen LogP contribution in [-0.2, 0) is 11.3 Å². The first-order valence-corrected chi connectivity index (χ1v) is 6.88. The van der Waals surface area contributed by atoms with E-state index in [0.717, 1.165) is 32.7 Å². The summed E-state index contributed by atoms with van der Waals surface area (Å²) in [5.74, 6) is 0.233. The first kappa shape index (κ1) is 14.0. The van der Waals surface area contributed by atoms with E-state index in [1.165, 1.54) is 11.1 Å². The smallest absolute Gasteiger partial charge is 0.236 e. The van der Waals surface area contributed by atoms with Crippen LogP contribution in [0.3, 0.4) is 0 Å². The van der Waals surface area contributed by atoms with Crippen LogP contribution in [0, 0.1) is 6.92 Å². The summed E-state index contributed by atoms with van der Waals surface area (Å²) >= 11 is 0. The second-order valence-electron chi connectivity index (χ2n) is 5.29. The molecule has 0 radical (unpaired) electrons. The molecule has 0 bridgehead atoms. The van der Waals surface area contributed by atoms with Gasteiger partial charge < -0.3 is 10.2 Å². The summed E-state index contributed by atoms with van der Waals surface area (Å²) in [7, 11) is 2.00. The molecule has 19 heavy (non-hydrogen) atoms. The Bertz CT molecular complexity index is 427. The number of nitrogens with one attached hydrogen (secondary N) is 1. The highest BCUT2D eigenvalue weighted by Gasteiger charge is 2.17. The van der Waals surface area contributed by atoms with Gasteiger partial charge in [0.05, 0.1) is 6.54 Å². The Morgan fingerprint density at radius 1 is 1.37 bits per heavy atom. The molecule has 0 aliphatic carbocycles. The summed E-state index contributed by atoms with van der Waals surface area (Å²) < 4.78 is 0. The minimum atomic E-state index is 0.233. The number of benzene rings is 1. The average molecular weight is 261 g/mol. The van der Waals surface area contributed by atoms with Gasteiger partial charge in [-0.2, -0.15) is 0 Å². The Morgan fingerprint density at radius 3 is 2.79 bits per heavy atom. The lowest BCUT2D eigenvalue weighted by atomic mass is 10.1. The second kappa shape index (κ2) is 6.68. The number of hydrogen-bond donors (Lipinski definition) is 1. The van der Waals surface area contributed by atoms with E-state index in [4.69, 9.17) is 0 Å². The molecule has 0 atom stereocenters. The van der Waals surface area contributed by atoms with E-state index in [1.807, 2.05) is 11.9 Å². The fourth-order valence-corrected chi connectivity index (χ4v) is 2.42. The lowest BCUT2D eigenvalue weighted by molar-refractivity contribution is -0.132. The standard InChI is InChI=1S/C15H23N3O/c1-13-4-3-5-14(10-13)11-17(2)12-15(19)18-8-6-16-7-9-18/h3-5,10,16H,6-9,11-12H2,1-2H3. The van der Waals surface area contributed by atoms with E-state index >= 15 is 0 Å².